The van der Waals surface area contributed by atoms with Gasteiger partial charge in [-0.3, -0.25) is 0 Å². The van der Waals surface area contributed by atoms with Crippen molar-refractivity contribution in [3.63, 3.8) is 0 Å². The molecule has 2 rings (SSSR count). The average Bonchev–Trinajstić information content (AvgIpc) is 2.43. The number of hydrogen-bond donors (Lipinski definition) is 1. The molecule has 20 heavy (non-hydrogen) atoms. The van der Waals surface area contributed by atoms with Crippen LogP contribution in [0.2, 0.25) is 5.02 Å². The lowest BCUT2D eigenvalue weighted by Crippen LogP contribution is -2.07. The summed E-state index contributed by atoms with van der Waals surface area (Å²) in [7, 11) is 0. The van der Waals surface area contributed by atoms with Crippen LogP contribution in [0.3, 0.4) is 0 Å². The summed E-state index contributed by atoms with van der Waals surface area (Å²) in [6, 6.07) is 14.3. The molecule has 0 heterocycles. The number of rotatable bonds is 5. The lowest BCUT2D eigenvalue weighted by molar-refractivity contribution is 0.340. The minimum atomic E-state index is 0.184. The van der Waals surface area contributed by atoms with Crippen molar-refractivity contribution < 1.29 is 4.74 Å². The van der Waals surface area contributed by atoms with Gasteiger partial charge in [0.2, 0.25) is 0 Å². The Labute approximate surface area is 138 Å². The SMILES string of the molecule is CCOc1ccc(C(C)Nc2ccc(I)cc2Cl)cc1. The molecule has 0 aliphatic rings. The Kier molecular flexibility index (Phi) is 5.54. The first-order chi connectivity index (χ1) is 9.60. The van der Waals surface area contributed by atoms with Crippen molar-refractivity contribution in [2.75, 3.05) is 11.9 Å². The van der Waals surface area contributed by atoms with E-state index in [1.165, 1.54) is 5.56 Å². The molecule has 2 aromatic rings. The highest BCUT2D eigenvalue weighted by Crippen LogP contribution is 2.28. The van der Waals surface area contributed by atoms with Crippen LogP contribution in [-0.4, -0.2) is 6.61 Å². The summed E-state index contributed by atoms with van der Waals surface area (Å²) in [5.41, 5.74) is 2.15. The van der Waals surface area contributed by atoms with Gasteiger partial charge >= 0.3 is 0 Å². The molecule has 2 aromatic carbocycles. The molecular formula is C16H17ClINO. The summed E-state index contributed by atoms with van der Waals surface area (Å²) in [6.45, 7) is 4.78. The monoisotopic (exact) mass is 401 g/mol. The lowest BCUT2D eigenvalue weighted by atomic mass is 10.1. The van der Waals surface area contributed by atoms with E-state index in [1.807, 2.05) is 37.3 Å². The normalized spacial score (nSPS) is 12.0. The summed E-state index contributed by atoms with van der Waals surface area (Å²) >= 11 is 8.49. The van der Waals surface area contributed by atoms with E-state index in [0.717, 1.165) is 20.0 Å². The van der Waals surface area contributed by atoms with Gasteiger partial charge in [0.15, 0.2) is 0 Å². The van der Waals surface area contributed by atoms with E-state index in [1.54, 1.807) is 0 Å². The van der Waals surface area contributed by atoms with Crippen LogP contribution in [0.1, 0.15) is 25.5 Å². The van der Waals surface area contributed by atoms with E-state index in [2.05, 4.69) is 47.0 Å². The molecule has 0 aliphatic carbocycles. The predicted molar refractivity (Wildman–Crippen MR) is 93.8 cm³/mol. The second-order valence-corrected chi connectivity index (χ2v) is 6.15. The molecule has 1 unspecified atom stereocenters. The number of halogens is 2. The number of benzene rings is 2. The van der Waals surface area contributed by atoms with Gasteiger partial charge in [-0.15, -0.1) is 0 Å². The van der Waals surface area contributed by atoms with Gasteiger partial charge in [0.05, 0.1) is 17.3 Å². The van der Waals surface area contributed by atoms with Crippen molar-refractivity contribution in [2.24, 2.45) is 0 Å². The maximum absolute atomic E-state index is 6.24. The second kappa shape index (κ2) is 7.18. The fraction of sp³-hybridized carbons (Fsp3) is 0.250. The van der Waals surface area contributed by atoms with Crippen LogP contribution < -0.4 is 10.1 Å². The quantitative estimate of drug-likeness (QED) is 0.666. The van der Waals surface area contributed by atoms with E-state index in [9.17, 15) is 0 Å². The van der Waals surface area contributed by atoms with Gasteiger partial charge in [0.25, 0.3) is 0 Å². The third-order valence-corrected chi connectivity index (χ3v) is 3.98. The molecule has 0 amide bonds. The average molecular weight is 402 g/mol. The Morgan fingerprint density at radius 2 is 1.90 bits per heavy atom. The third-order valence-electron chi connectivity index (χ3n) is 2.99. The van der Waals surface area contributed by atoms with E-state index < -0.39 is 0 Å². The molecule has 0 radical (unpaired) electrons. The zero-order valence-electron chi connectivity index (χ0n) is 11.5. The Morgan fingerprint density at radius 3 is 2.50 bits per heavy atom. The van der Waals surface area contributed by atoms with Gasteiger partial charge < -0.3 is 10.1 Å². The topological polar surface area (TPSA) is 21.3 Å². The third kappa shape index (κ3) is 4.03. The van der Waals surface area contributed by atoms with Crippen molar-refractivity contribution in [3.05, 3.63) is 56.6 Å². The van der Waals surface area contributed by atoms with Crippen LogP contribution in [0.25, 0.3) is 0 Å². The maximum Gasteiger partial charge on any atom is 0.119 e. The molecule has 1 atom stereocenters. The van der Waals surface area contributed by atoms with Gasteiger partial charge in [-0.25, -0.2) is 0 Å². The van der Waals surface area contributed by atoms with Gasteiger partial charge in [0.1, 0.15) is 5.75 Å². The molecule has 4 heteroatoms. The van der Waals surface area contributed by atoms with Crippen LogP contribution in [0.5, 0.6) is 5.75 Å². The van der Waals surface area contributed by atoms with Crippen LogP contribution >= 0.6 is 34.2 Å². The molecule has 106 valence electrons. The van der Waals surface area contributed by atoms with Gasteiger partial charge in [-0.2, -0.15) is 0 Å². The predicted octanol–water partition coefficient (Wildman–Crippen LogP) is 5.52. The summed E-state index contributed by atoms with van der Waals surface area (Å²) < 4.78 is 6.58. The van der Waals surface area contributed by atoms with Gasteiger partial charge in [-0.05, 0) is 72.3 Å². The number of hydrogen-bond acceptors (Lipinski definition) is 2. The smallest absolute Gasteiger partial charge is 0.119 e. The fourth-order valence-corrected chi connectivity index (χ4v) is 2.85. The first kappa shape index (κ1) is 15.4. The Morgan fingerprint density at radius 1 is 1.20 bits per heavy atom. The summed E-state index contributed by atoms with van der Waals surface area (Å²) in [6.07, 6.45) is 0. The highest BCUT2D eigenvalue weighted by atomic mass is 127. The van der Waals surface area contributed by atoms with E-state index in [-0.39, 0.29) is 6.04 Å². The molecule has 0 spiro atoms. The molecule has 1 N–H and O–H groups in total. The molecule has 0 fully saturated rings. The zero-order chi connectivity index (χ0) is 14.5. The summed E-state index contributed by atoms with van der Waals surface area (Å²) in [5.74, 6) is 0.899. The highest BCUT2D eigenvalue weighted by molar-refractivity contribution is 14.1. The molecular weight excluding hydrogens is 385 g/mol. The van der Waals surface area contributed by atoms with E-state index in [4.69, 9.17) is 16.3 Å². The molecule has 0 bridgehead atoms. The van der Waals surface area contributed by atoms with E-state index in [0.29, 0.717) is 6.61 Å². The van der Waals surface area contributed by atoms with Crippen molar-refractivity contribution in [2.45, 2.75) is 19.9 Å². The van der Waals surface area contributed by atoms with Crippen LogP contribution in [-0.2, 0) is 0 Å². The van der Waals surface area contributed by atoms with Crippen molar-refractivity contribution in [1.82, 2.24) is 0 Å². The number of ether oxygens (including phenoxy) is 1. The molecule has 0 saturated carbocycles. The summed E-state index contributed by atoms with van der Waals surface area (Å²) in [5, 5.41) is 4.17. The maximum atomic E-state index is 6.24. The Hall–Kier alpha value is -0.940. The fourth-order valence-electron chi connectivity index (χ4n) is 1.94. The first-order valence-electron chi connectivity index (χ1n) is 6.54. The van der Waals surface area contributed by atoms with Gasteiger partial charge in [0, 0.05) is 9.61 Å². The Bertz CT molecular complexity index is 571. The number of nitrogens with one attached hydrogen (secondary N) is 1. The highest BCUT2D eigenvalue weighted by Gasteiger charge is 2.08. The molecule has 0 aromatic heterocycles. The first-order valence-corrected chi connectivity index (χ1v) is 8.00. The second-order valence-electron chi connectivity index (χ2n) is 4.49. The minimum Gasteiger partial charge on any atom is -0.494 e. The lowest BCUT2D eigenvalue weighted by Gasteiger charge is -2.17. The van der Waals surface area contributed by atoms with Crippen LogP contribution in [0, 0.1) is 3.57 Å². The minimum absolute atomic E-state index is 0.184. The van der Waals surface area contributed by atoms with E-state index >= 15 is 0 Å². The Balaban J connectivity index is 2.09. The molecule has 0 aliphatic heterocycles. The largest absolute Gasteiger partial charge is 0.494 e. The van der Waals surface area contributed by atoms with Crippen molar-refractivity contribution >= 4 is 39.9 Å². The standard InChI is InChI=1S/C16H17ClINO/c1-3-20-14-7-4-12(5-8-14)11(2)19-16-9-6-13(18)10-15(16)17/h4-11,19H,3H2,1-2H3. The number of anilines is 1. The van der Waals surface area contributed by atoms with Gasteiger partial charge in [-0.1, -0.05) is 23.7 Å². The van der Waals surface area contributed by atoms with Crippen LogP contribution in [0.15, 0.2) is 42.5 Å². The summed E-state index contributed by atoms with van der Waals surface area (Å²) in [4.78, 5) is 0. The van der Waals surface area contributed by atoms with Crippen molar-refractivity contribution in [3.8, 4) is 5.75 Å². The molecule has 2 nitrogen and oxygen atoms in total. The van der Waals surface area contributed by atoms with Crippen molar-refractivity contribution in [1.29, 1.82) is 0 Å². The molecule has 0 saturated heterocycles. The van der Waals surface area contributed by atoms with Crippen LogP contribution in [0.4, 0.5) is 5.69 Å². The zero-order valence-corrected chi connectivity index (χ0v) is 14.4.